The summed E-state index contributed by atoms with van der Waals surface area (Å²) in [6.45, 7) is 3.98. The third kappa shape index (κ3) is 2.76. The highest BCUT2D eigenvalue weighted by Gasteiger charge is 2.41. The zero-order chi connectivity index (χ0) is 16.1. The molecule has 0 saturated heterocycles. The summed E-state index contributed by atoms with van der Waals surface area (Å²) < 4.78 is 15.1. The van der Waals surface area contributed by atoms with Crippen LogP contribution in [-0.2, 0) is 4.79 Å². The van der Waals surface area contributed by atoms with Gasteiger partial charge in [-0.05, 0) is 52.6 Å². The Balaban J connectivity index is 2.13. The maximum atomic E-state index is 14.2. The fraction of sp³-hybridized carbons (Fsp3) is 0.375. The molecule has 3 rings (SSSR count). The first-order valence-electron chi connectivity index (χ1n) is 7.05. The van der Waals surface area contributed by atoms with Gasteiger partial charge in [0.25, 0.3) is 0 Å². The molecule has 2 N–H and O–H groups in total. The van der Waals surface area contributed by atoms with Crippen LogP contribution in [-0.4, -0.2) is 11.8 Å². The molecule has 1 aromatic carbocycles. The van der Waals surface area contributed by atoms with Crippen LogP contribution in [0.15, 0.2) is 29.5 Å². The van der Waals surface area contributed by atoms with Gasteiger partial charge in [0.15, 0.2) is 5.78 Å². The molecule has 1 unspecified atom stereocenters. The molecule has 0 bridgehead atoms. The van der Waals surface area contributed by atoms with Gasteiger partial charge in [0.2, 0.25) is 0 Å². The molecule has 1 aliphatic carbocycles. The van der Waals surface area contributed by atoms with E-state index in [0.717, 1.165) is 3.57 Å². The Bertz CT molecular complexity index is 712. The number of amides is 2. The Morgan fingerprint density at radius 3 is 2.73 bits per heavy atom. The number of benzene rings is 1. The maximum Gasteiger partial charge on any atom is 0.319 e. The van der Waals surface area contributed by atoms with Gasteiger partial charge in [0, 0.05) is 26.8 Å². The van der Waals surface area contributed by atoms with Gasteiger partial charge in [-0.2, -0.15) is 0 Å². The summed E-state index contributed by atoms with van der Waals surface area (Å²) >= 11 is 2.09. The smallest absolute Gasteiger partial charge is 0.319 e. The van der Waals surface area contributed by atoms with Crippen LogP contribution in [0.5, 0.6) is 0 Å². The first-order chi connectivity index (χ1) is 10.3. The summed E-state index contributed by atoms with van der Waals surface area (Å²) in [5.41, 5.74) is 1.24. The largest absolute Gasteiger partial charge is 0.327 e. The molecule has 0 saturated carbocycles. The molecule has 1 aliphatic heterocycles. The molecule has 0 radical (unpaired) electrons. The second-order valence-corrected chi connectivity index (χ2v) is 7.78. The molecular weight excluding hydrogens is 398 g/mol. The van der Waals surface area contributed by atoms with E-state index < -0.39 is 17.9 Å². The molecule has 116 valence electrons. The summed E-state index contributed by atoms with van der Waals surface area (Å²) in [4.78, 5) is 24.5. The lowest BCUT2D eigenvalue weighted by molar-refractivity contribution is -0.118. The van der Waals surface area contributed by atoms with Crippen molar-refractivity contribution >= 4 is 34.4 Å². The van der Waals surface area contributed by atoms with E-state index in [0.29, 0.717) is 29.7 Å². The molecule has 1 aromatic rings. The van der Waals surface area contributed by atoms with Gasteiger partial charge in [-0.15, -0.1) is 0 Å². The molecule has 6 heteroatoms. The fourth-order valence-corrected chi connectivity index (χ4v) is 3.64. The van der Waals surface area contributed by atoms with E-state index in [1.807, 2.05) is 13.8 Å². The highest BCUT2D eigenvalue weighted by atomic mass is 127. The molecule has 22 heavy (non-hydrogen) atoms. The van der Waals surface area contributed by atoms with Gasteiger partial charge in [0.1, 0.15) is 5.82 Å². The molecule has 1 atom stereocenters. The van der Waals surface area contributed by atoms with Gasteiger partial charge in [-0.25, -0.2) is 9.18 Å². The van der Waals surface area contributed by atoms with Crippen molar-refractivity contribution in [2.45, 2.75) is 32.7 Å². The van der Waals surface area contributed by atoms with Crippen LogP contribution in [0.3, 0.4) is 0 Å². The monoisotopic (exact) mass is 414 g/mol. The van der Waals surface area contributed by atoms with E-state index >= 15 is 0 Å². The minimum atomic E-state index is -0.720. The SMILES string of the molecule is CC1(C)CC(=O)C2=C(C1)NC(=O)NC2c1cc(I)ccc1F. The lowest BCUT2D eigenvalue weighted by Gasteiger charge is -2.38. The Labute approximate surface area is 141 Å². The molecule has 0 spiro atoms. The van der Waals surface area contributed by atoms with Gasteiger partial charge < -0.3 is 10.6 Å². The number of hydrogen-bond donors (Lipinski definition) is 2. The van der Waals surface area contributed by atoms with Gasteiger partial charge in [-0.3, -0.25) is 4.79 Å². The van der Waals surface area contributed by atoms with Gasteiger partial charge >= 0.3 is 6.03 Å². The summed E-state index contributed by atoms with van der Waals surface area (Å²) in [5.74, 6) is -0.459. The van der Waals surface area contributed by atoms with Crippen LogP contribution >= 0.6 is 22.6 Å². The second-order valence-electron chi connectivity index (χ2n) is 6.53. The van der Waals surface area contributed by atoms with E-state index in [1.54, 1.807) is 12.1 Å². The highest BCUT2D eigenvalue weighted by Crippen LogP contribution is 2.41. The van der Waals surface area contributed by atoms with Crippen molar-refractivity contribution in [3.8, 4) is 0 Å². The molecule has 1 heterocycles. The van der Waals surface area contributed by atoms with Crippen LogP contribution in [0.1, 0.15) is 38.3 Å². The maximum absolute atomic E-state index is 14.2. The molecule has 4 nitrogen and oxygen atoms in total. The predicted octanol–water partition coefficient (Wildman–Crippen LogP) is 3.43. The van der Waals surface area contributed by atoms with Crippen LogP contribution < -0.4 is 10.6 Å². The lowest BCUT2D eigenvalue weighted by Crippen LogP contribution is -2.48. The van der Waals surface area contributed by atoms with Crippen molar-refractivity contribution in [1.29, 1.82) is 0 Å². The van der Waals surface area contributed by atoms with E-state index in [1.165, 1.54) is 6.07 Å². The highest BCUT2D eigenvalue weighted by molar-refractivity contribution is 14.1. The number of urea groups is 1. The average Bonchev–Trinajstić information content (AvgIpc) is 2.38. The van der Waals surface area contributed by atoms with Crippen LogP contribution in [0.25, 0.3) is 0 Å². The summed E-state index contributed by atoms with van der Waals surface area (Å²) in [6.07, 6.45) is 0.995. The van der Waals surface area contributed by atoms with Gasteiger partial charge in [0.05, 0.1) is 6.04 Å². The Morgan fingerprint density at radius 1 is 1.27 bits per heavy atom. The Hall–Kier alpha value is -1.44. The van der Waals surface area contributed by atoms with Crippen molar-refractivity contribution in [3.63, 3.8) is 0 Å². The zero-order valence-electron chi connectivity index (χ0n) is 12.3. The summed E-state index contributed by atoms with van der Waals surface area (Å²) in [5, 5.41) is 5.41. The fourth-order valence-electron chi connectivity index (χ4n) is 3.13. The first kappa shape index (κ1) is 15.5. The molecule has 2 aliphatic rings. The minimum Gasteiger partial charge on any atom is -0.327 e. The van der Waals surface area contributed by atoms with Crippen LogP contribution in [0.2, 0.25) is 0 Å². The topological polar surface area (TPSA) is 58.2 Å². The third-order valence-corrected chi connectivity index (χ3v) is 4.69. The number of ketones is 1. The van der Waals surface area contributed by atoms with Crippen molar-refractivity contribution < 1.29 is 14.0 Å². The number of carbonyl (C=O) groups excluding carboxylic acids is 2. The van der Waals surface area contributed by atoms with E-state index in [9.17, 15) is 14.0 Å². The van der Waals surface area contributed by atoms with E-state index in [2.05, 4.69) is 33.2 Å². The normalized spacial score (nSPS) is 23.7. The van der Waals surface area contributed by atoms with E-state index in [-0.39, 0.29) is 11.2 Å². The zero-order valence-corrected chi connectivity index (χ0v) is 14.5. The Morgan fingerprint density at radius 2 is 2.00 bits per heavy atom. The van der Waals surface area contributed by atoms with Crippen molar-refractivity contribution in [2.24, 2.45) is 5.41 Å². The number of allylic oxidation sites excluding steroid dienone is 1. The number of Topliss-reactive ketones (excluding diaryl/α,β-unsaturated/α-hetero) is 1. The lowest BCUT2D eigenvalue weighted by atomic mass is 9.73. The number of rotatable bonds is 1. The molecule has 0 fully saturated rings. The quantitative estimate of drug-likeness (QED) is 0.692. The molecular formula is C16H16FIN2O2. The summed E-state index contributed by atoms with van der Waals surface area (Å²) in [6, 6.07) is 3.57. The van der Waals surface area contributed by atoms with Crippen molar-refractivity contribution in [3.05, 3.63) is 44.4 Å². The third-order valence-electron chi connectivity index (χ3n) is 4.02. The second kappa shape index (κ2) is 5.33. The van der Waals surface area contributed by atoms with Gasteiger partial charge in [-0.1, -0.05) is 13.8 Å². The Kier molecular flexibility index (Phi) is 3.74. The molecule has 0 aromatic heterocycles. The first-order valence-corrected chi connectivity index (χ1v) is 8.13. The number of hydrogen-bond acceptors (Lipinski definition) is 2. The standard InChI is InChI=1S/C16H16FIN2O2/c1-16(2)6-11-13(12(21)7-16)14(20-15(22)19-11)9-5-8(18)3-4-10(9)17/h3-5,14H,6-7H2,1-2H3,(H2,19,20,22). The predicted molar refractivity (Wildman–Crippen MR) is 88.6 cm³/mol. The minimum absolute atomic E-state index is 0.0398. The number of halogens is 2. The van der Waals surface area contributed by atoms with Crippen LogP contribution in [0, 0.1) is 14.8 Å². The van der Waals surface area contributed by atoms with Crippen molar-refractivity contribution in [1.82, 2.24) is 10.6 Å². The number of nitrogens with one attached hydrogen (secondary N) is 2. The van der Waals surface area contributed by atoms with Crippen molar-refractivity contribution in [2.75, 3.05) is 0 Å². The number of carbonyl (C=O) groups is 2. The van der Waals surface area contributed by atoms with Crippen LogP contribution in [0.4, 0.5) is 9.18 Å². The average molecular weight is 414 g/mol. The molecule has 2 amide bonds. The van der Waals surface area contributed by atoms with E-state index in [4.69, 9.17) is 0 Å². The summed E-state index contributed by atoms with van der Waals surface area (Å²) in [7, 11) is 0.